The molecule has 0 saturated heterocycles. The van der Waals surface area contributed by atoms with Crippen molar-refractivity contribution >= 4 is 29.2 Å². The molecule has 4 nitrogen and oxygen atoms in total. The molecule has 2 aromatic carbocycles. The first-order valence-corrected chi connectivity index (χ1v) is 7.22. The van der Waals surface area contributed by atoms with Gasteiger partial charge < -0.3 is 10.4 Å². The molecule has 2 rings (SSSR count). The van der Waals surface area contributed by atoms with Gasteiger partial charge in [0.15, 0.2) is 0 Å². The fourth-order valence-electron chi connectivity index (χ4n) is 2.16. The number of aryl methyl sites for hydroxylation is 2. The number of benzene rings is 2. The number of hydrogen-bond acceptors (Lipinski definition) is 2. The zero-order valence-electron chi connectivity index (χ0n) is 12.1. The lowest BCUT2D eigenvalue weighted by Crippen LogP contribution is -2.15. The Morgan fingerprint density at radius 3 is 2.59 bits per heavy atom. The van der Waals surface area contributed by atoms with Crippen LogP contribution in [0.1, 0.15) is 27.9 Å². The summed E-state index contributed by atoms with van der Waals surface area (Å²) >= 11 is 5.85. The average Bonchev–Trinajstić information content (AvgIpc) is 2.46. The first-order chi connectivity index (χ1) is 10.5. The first-order valence-electron chi connectivity index (χ1n) is 6.84. The van der Waals surface area contributed by atoms with Gasteiger partial charge in [0.1, 0.15) is 0 Å². The molecule has 0 unspecified atom stereocenters. The van der Waals surface area contributed by atoms with Crippen molar-refractivity contribution in [1.29, 1.82) is 0 Å². The molecule has 0 aliphatic carbocycles. The summed E-state index contributed by atoms with van der Waals surface area (Å²) in [4.78, 5) is 23.2. The Kier molecular flexibility index (Phi) is 5.17. The number of aromatic carboxylic acids is 1. The minimum absolute atomic E-state index is 0.0219. The number of nitrogens with one attached hydrogen (secondary N) is 1. The van der Waals surface area contributed by atoms with E-state index in [1.807, 2.05) is 31.2 Å². The number of carboxylic acid groups (broad SMARTS) is 1. The predicted molar refractivity (Wildman–Crippen MR) is 86.5 cm³/mol. The van der Waals surface area contributed by atoms with E-state index in [2.05, 4.69) is 5.32 Å². The van der Waals surface area contributed by atoms with Gasteiger partial charge in [0.05, 0.1) is 11.3 Å². The van der Waals surface area contributed by atoms with Crippen LogP contribution in [0.3, 0.4) is 0 Å². The fourth-order valence-corrected chi connectivity index (χ4v) is 2.33. The number of carboxylic acids is 1. The van der Waals surface area contributed by atoms with Crippen molar-refractivity contribution in [1.82, 2.24) is 0 Å². The highest BCUT2D eigenvalue weighted by molar-refractivity contribution is 6.31. The maximum atomic E-state index is 12.0. The Morgan fingerprint density at radius 2 is 1.91 bits per heavy atom. The molecule has 0 aliphatic rings. The topological polar surface area (TPSA) is 66.4 Å². The molecule has 0 saturated carbocycles. The molecule has 0 spiro atoms. The van der Waals surface area contributed by atoms with Crippen LogP contribution in [-0.2, 0) is 11.2 Å². The second-order valence-electron chi connectivity index (χ2n) is 4.97. The summed E-state index contributed by atoms with van der Waals surface area (Å²) in [5.74, 6) is -1.35. The van der Waals surface area contributed by atoms with E-state index in [1.165, 1.54) is 18.2 Å². The van der Waals surface area contributed by atoms with Gasteiger partial charge in [0.2, 0.25) is 5.91 Å². The Bertz CT molecular complexity index is 713. The van der Waals surface area contributed by atoms with E-state index < -0.39 is 5.97 Å². The minimum atomic E-state index is -1.11. The van der Waals surface area contributed by atoms with E-state index >= 15 is 0 Å². The minimum Gasteiger partial charge on any atom is -0.478 e. The molecule has 22 heavy (non-hydrogen) atoms. The summed E-state index contributed by atoms with van der Waals surface area (Å²) in [7, 11) is 0. The standard InChI is InChI=1S/C17H16ClNO3/c1-11-4-2-3-5-12(11)6-9-16(20)19-15-10-13(18)7-8-14(15)17(21)22/h2-5,7-8,10H,6,9H2,1H3,(H,19,20)(H,21,22). The summed E-state index contributed by atoms with van der Waals surface area (Å²) in [5, 5.41) is 12.1. The lowest BCUT2D eigenvalue weighted by Gasteiger charge is -2.10. The van der Waals surface area contributed by atoms with Crippen LogP contribution in [0.2, 0.25) is 5.02 Å². The molecular formula is C17H16ClNO3. The van der Waals surface area contributed by atoms with Gasteiger partial charge in [0, 0.05) is 11.4 Å². The second kappa shape index (κ2) is 7.09. The van der Waals surface area contributed by atoms with E-state index in [9.17, 15) is 9.59 Å². The molecule has 2 aromatic rings. The third-order valence-electron chi connectivity index (χ3n) is 3.37. The summed E-state index contributed by atoms with van der Waals surface area (Å²) in [6.45, 7) is 1.99. The molecular weight excluding hydrogens is 302 g/mol. The normalized spacial score (nSPS) is 10.3. The maximum absolute atomic E-state index is 12.0. The summed E-state index contributed by atoms with van der Waals surface area (Å²) in [6.07, 6.45) is 0.873. The fraction of sp³-hybridized carbons (Fsp3) is 0.176. The quantitative estimate of drug-likeness (QED) is 0.878. The van der Waals surface area contributed by atoms with Gasteiger partial charge in [-0.25, -0.2) is 4.79 Å². The van der Waals surface area contributed by atoms with Crippen molar-refractivity contribution in [3.8, 4) is 0 Å². The van der Waals surface area contributed by atoms with Gasteiger partial charge in [-0.05, 0) is 42.7 Å². The number of amides is 1. The highest BCUT2D eigenvalue weighted by Crippen LogP contribution is 2.21. The number of carbonyl (C=O) groups is 2. The van der Waals surface area contributed by atoms with Crippen LogP contribution >= 0.6 is 11.6 Å². The van der Waals surface area contributed by atoms with E-state index in [0.29, 0.717) is 11.4 Å². The van der Waals surface area contributed by atoms with Crippen molar-refractivity contribution in [2.45, 2.75) is 19.8 Å². The molecule has 0 aromatic heterocycles. The van der Waals surface area contributed by atoms with Gasteiger partial charge in [0.25, 0.3) is 0 Å². The monoisotopic (exact) mass is 317 g/mol. The van der Waals surface area contributed by atoms with Crippen LogP contribution in [0.25, 0.3) is 0 Å². The van der Waals surface area contributed by atoms with Crippen LogP contribution in [0.5, 0.6) is 0 Å². The smallest absolute Gasteiger partial charge is 0.337 e. The zero-order valence-corrected chi connectivity index (χ0v) is 12.9. The second-order valence-corrected chi connectivity index (χ2v) is 5.41. The van der Waals surface area contributed by atoms with E-state index in [1.54, 1.807) is 0 Å². The van der Waals surface area contributed by atoms with Crippen molar-refractivity contribution in [2.24, 2.45) is 0 Å². The molecule has 114 valence electrons. The van der Waals surface area contributed by atoms with Crippen LogP contribution in [0.15, 0.2) is 42.5 Å². The number of hydrogen-bond donors (Lipinski definition) is 2. The molecule has 0 radical (unpaired) electrons. The van der Waals surface area contributed by atoms with Crippen molar-refractivity contribution in [3.05, 3.63) is 64.2 Å². The van der Waals surface area contributed by atoms with Gasteiger partial charge in [-0.2, -0.15) is 0 Å². The molecule has 1 amide bonds. The predicted octanol–water partition coefficient (Wildman–Crippen LogP) is 3.92. The largest absolute Gasteiger partial charge is 0.478 e. The molecule has 0 atom stereocenters. The first kappa shape index (κ1) is 16.0. The highest BCUT2D eigenvalue weighted by Gasteiger charge is 2.13. The lowest BCUT2D eigenvalue weighted by atomic mass is 10.0. The molecule has 0 bridgehead atoms. The Labute approximate surface area is 133 Å². The van der Waals surface area contributed by atoms with Gasteiger partial charge in [-0.15, -0.1) is 0 Å². The SMILES string of the molecule is Cc1ccccc1CCC(=O)Nc1cc(Cl)ccc1C(=O)O. The average molecular weight is 318 g/mol. The third-order valence-corrected chi connectivity index (χ3v) is 3.60. The van der Waals surface area contributed by atoms with Gasteiger partial charge >= 0.3 is 5.97 Å². The highest BCUT2D eigenvalue weighted by atomic mass is 35.5. The van der Waals surface area contributed by atoms with Crippen molar-refractivity contribution in [2.75, 3.05) is 5.32 Å². The number of rotatable bonds is 5. The van der Waals surface area contributed by atoms with Crippen LogP contribution < -0.4 is 5.32 Å². The third kappa shape index (κ3) is 4.09. The van der Waals surface area contributed by atoms with Gasteiger partial charge in [-0.1, -0.05) is 35.9 Å². The molecule has 0 fully saturated rings. The van der Waals surface area contributed by atoms with E-state index in [4.69, 9.17) is 16.7 Å². The molecule has 2 N–H and O–H groups in total. The van der Waals surface area contributed by atoms with Gasteiger partial charge in [-0.3, -0.25) is 4.79 Å². The summed E-state index contributed by atoms with van der Waals surface area (Å²) in [5.41, 5.74) is 2.47. The molecule has 0 aliphatic heterocycles. The van der Waals surface area contributed by atoms with E-state index in [-0.39, 0.29) is 23.6 Å². The van der Waals surface area contributed by atoms with Crippen LogP contribution in [0, 0.1) is 6.92 Å². The Balaban J connectivity index is 2.05. The summed E-state index contributed by atoms with van der Waals surface area (Å²) < 4.78 is 0. The van der Waals surface area contributed by atoms with E-state index in [0.717, 1.165) is 11.1 Å². The molecule has 0 heterocycles. The van der Waals surface area contributed by atoms with Crippen LogP contribution in [-0.4, -0.2) is 17.0 Å². The van der Waals surface area contributed by atoms with Crippen molar-refractivity contribution < 1.29 is 14.7 Å². The molecule has 5 heteroatoms. The maximum Gasteiger partial charge on any atom is 0.337 e. The zero-order chi connectivity index (χ0) is 16.1. The number of carbonyl (C=O) groups excluding carboxylic acids is 1. The van der Waals surface area contributed by atoms with Crippen molar-refractivity contribution in [3.63, 3.8) is 0 Å². The number of anilines is 1. The lowest BCUT2D eigenvalue weighted by molar-refractivity contribution is -0.116. The summed E-state index contributed by atoms with van der Waals surface area (Å²) in [6, 6.07) is 12.1. The number of halogens is 1. The Hall–Kier alpha value is -2.33. The van der Waals surface area contributed by atoms with Crippen LogP contribution in [0.4, 0.5) is 5.69 Å². The Morgan fingerprint density at radius 1 is 1.18 bits per heavy atom.